The van der Waals surface area contributed by atoms with Crippen molar-refractivity contribution >= 4 is 27.9 Å². The Morgan fingerprint density at radius 2 is 0.889 bits per heavy atom. The third kappa shape index (κ3) is 7.51. The van der Waals surface area contributed by atoms with Gasteiger partial charge in [-0.05, 0) is 181 Å². The third-order valence-corrected chi connectivity index (χ3v) is 17.5. The number of rotatable bonds is 10. The minimum Gasteiger partial charge on any atom is -0.293 e. The molecule has 0 spiro atoms. The standard InChI is InChI=1S/C77H58N4/c1-5-21-72-70(6-2)78-74(52-22-11-7-12-23-52)80(72)60-41-36-51(37-42-60)56-38-43-62-64-49-69-65(48-67(64)76(3,4)66(62)46-56)63-45-55-33-32-54(44-57(55)47-68(63)77(69,58-26-15-9-16-27-58)59-28-17-10-18-29-59)50-34-39-61(40-35-50)81-73-31-20-19-30-71(73)79-75(81)53-24-13-8-14-25-53/h5,7-49H,6H2,1-4H3/b21-5-. The Morgan fingerprint density at radius 3 is 1.52 bits per heavy atom. The number of para-hydroxylation sites is 2. The monoisotopic (exact) mass is 1040 g/mol. The zero-order valence-corrected chi connectivity index (χ0v) is 45.9. The average molecular weight is 1040 g/mol. The first-order valence-corrected chi connectivity index (χ1v) is 28.4. The summed E-state index contributed by atoms with van der Waals surface area (Å²) in [5, 5.41) is 2.44. The van der Waals surface area contributed by atoms with Crippen LogP contribution >= 0.6 is 0 Å². The zero-order chi connectivity index (χ0) is 54.4. The van der Waals surface area contributed by atoms with Gasteiger partial charge in [-0.3, -0.25) is 9.13 Å². The van der Waals surface area contributed by atoms with Gasteiger partial charge < -0.3 is 0 Å². The fourth-order valence-electron chi connectivity index (χ4n) is 13.6. The lowest BCUT2D eigenvalue weighted by Crippen LogP contribution is -2.28. The van der Waals surface area contributed by atoms with Crippen LogP contribution in [0.4, 0.5) is 0 Å². The van der Waals surface area contributed by atoms with Crippen LogP contribution in [0.15, 0.2) is 261 Å². The molecule has 0 saturated heterocycles. The van der Waals surface area contributed by atoms with Crippen LogP contribution in [0.2, 0.25) is 0 Å². The smallest absolute Gasteiger partial charge is 0.145 e. The maximum Gasteiger partial charge on any atom is 0.145 e. The van der Waals surface area contributed by atoms with Crippen LogP contribution in [0.25, 0.3) is 107 Å². The highest BCUT2D eigenvalue weighted by molar-refractivity contribution is 6.00. The molecule has 2 aliphatic carbocycles. The lowest BCUT2D eigenvalue weighted by Gasteiger charge is -2.34. The van der Waals surface area contributed by atoms with Gasteiger partial charge in [0, 0.05) is 27.9 Å². The molecule has 81 heavy (non-hydrogen) atoms. The highest BCUT2D eigenvalue weighted by Gasteiger charge is 2.48. The molecule has 4 heteroatoms. The predicted molar refractivity (Wildman–Crippen MR) is 336 cm³/mol. The van der Waals surface area contributed by atoms with Gasteiger partial charge in [-0.15, -0.1) is 0 Å². The van der Waals surface area contributed by atoms with Crippen molar-refractivity contribution in [2.24, 2.45) is 0 Å². The molecule has 0 saturated carbocycles. The molecule has 0 unspecified atom stereocenters. The Bertz CT molecular complexity index is 4560. The van der Waals surface area contributed by atoms with E-state index >= 15 is 0 Å². The van der Waals surface area contributed by atoms with E-state index in [1.807, 2.05) is 0 Å². The van der Waals surface area contributed by atoms with E-state index in [9.17, 15) is 0 Å². The van der Waals surface area contributed by atoms with Crippen LogP contribution in [-0.4, -0.2) is 19.1 Å². The summed E-state index contributed by atoms with van der Waals surface area (Å²) < 4.78 is 4.59. The normalized spacial score (nSPS) is 13.6. The number of allylic oxidation sites excluding steroid dienone is 1. The largest absolute Gasteiger partial charge is 0.293 e. The van der Waals surface area contributed by atoms with Crippen LogP contribution in [0.5, 0.6) is 0 Å². The van der Waals surface area contributed by atoms with Gasteiger partial charge in [-0.2, -0.15) is 0 Å². The first kappa shape index (κ1) is 48.2. The fraction of sp³-hybridized carbons (Fsp3) is 0.0909. The van der Waals surface area contributed by atoms with Gasteiger partial charge in [-0.1, -0.05) is 209 Å². The van der Waals surface area contributed by atoms with Crippen molar-refractivity contribution in [2.45, 2.75) is 44.9 Å². The minimum absolute atomic E-state index is 0.255. The molecule has 0 N–H and O–H groups in total. The molecule has 2 aliphatic rings. The highest BCUT2D eigenvalue weighted by atomic mass is 15.1. The molecule has 15 rings (SSSR count). The van der Waals surface area contributed by atoms with Crippen molar-refractivity contribution in [3.05, 3.63) is 306 Å². The Labute approximate surface area is 473 Å². The van der Waals surface area contributed by atoms with E-state index in [2.05, 4.69) is 304 Å². The molecular formula is C77H58N4. The molecular weight excluding hydrogens is 981 g/mol. The number of hydrogen-bond donors (Lipinski definition) is 0. The number of fused-ring (bicyclic) bond motifs is 8. The second kappa shape index (κ2) is 18.9. The van der Waals surface area contributed by atoms with Gasteiger partial charge in [0.05, 0.1) is 27.8 Å². The SMILES string of the molecule is C/C=C\c1c(CC)nc(-c2ccccc2)n1-c1ccc(-c2ccc3c(c2)C(C)(C)c2cc4c(cc2-3)C(c2ccccc2)(c2ccccc2)c2cc3cc(-c5ccc(-n6c(-c7ccccc7)nc7ccccc76)cc5)ccc3cc2-4)cc1. The molecule has 0 bridgehead atoms. The Kier molecular flexibility index (Phi) is 11.3. The van der Waals surface area contributed by atoms with Crippen LogP contribution in [0.1, 0.15) is 72.5 Å². The maximum atomic E-state index is 5.19. The van der Waals surface area contributed by atoms with Crippen molar-refractivity contribution in [3.63, 3.8) is 0 Å². The van der Waals surface area contributed by atoms with E-state index in [0.29, 0.717) is 0 Å². The maximum absolute atomic E-state index is 5.19. The van der Waals surface area contributed by atoms with Crippen LogP contribution in [0, 0.1) is 0 Å². The van der Waals surface area contributed by atoms with Crippen LogP contribution in [-0.2, 0) is 17.3 Å². The van der Waals surface area contributed by atoms with Crippen molar-refractivity contribution in [3.8, 4) is 78.7 Å². The summed E-state index contributed by atoms with van der Waals surface area (Å²) in [7, 11) is 0. The third-order valence-electron chi connectivity index (χ3n) is 17.5. The molecule has 2 aromatic heterocycles. The quantitative estimate of drug-likeness (QED) is 0.137. The molecule has 2 heterocycles. The molecule has 13 aromatic rings. The van der Waals surface area contributed by atoms with E-state index in [4.69, 9.17) is 9.97 Å². The van der Waals surface area contributed by atoms with Gasteiger partial charge in [0.15, 0.2) is 0 Å². The lowest BCUT2D eigenvalue weighted by atomic mass is 9.67. The molecule has 0 radical (unpaired) electrons. The van der Waals surface area contributed by atoms with Crippen molar-refractivity contribution in [2.75, 3.05) is 0 Å². The topological polar surface area (TPSA) is 35.6 Å². The molecule has 4 nitrogen and oxygen atoms in total. The summed E-state index contributed by atoms with van der Waals surface area (Å²) in [6.07, 6.45) is 5.16. The summed E-state index contributed by atoms with van der Waals surface area (Å²) in [5.41, 5.74) is 25.6. The number of imidazole rings is 2. The molecule has 0 amide bonds. The Balaban J connectivity index is 0.834. The van der Waals surface area contributed by atoms with Gasteiger partial charge in [-0.25, -0.2) is 9.97 Å². The molecule has 0 fully saturated rings. The summed E-state index contributed by atoms with van der Waals surface area (Å²) in [6.45, 7) is 9.10. The Morgan fingerprint density at radius 1 is 0.395 bits per heavy atom. The fourth-order valence-corrected chi connectivity index (χ4v) is 13.6. The average Bonchev–Trinajstić information content (AvgIpc) is 4.35. The van der Waals surface area contributed by atoms with Gasteiger partial charge >= 0.3 is 0 Å². The summed E-state index contributed by atoms with van der Waals surface area (Å²) in [5.74, 6) is 1.90. The van der Waals surface area contributed by atoms with Gasteiger partial charge in [0.1, 0.15) is 11.6 Å². The van der Waals surface area contributed by atoms with E-state index in [1.165, 1.54) is 88.7 Å². The molecule has 0 aliphatic heterocycles. The summed E-state index contributed by atoms with van der Waals surface area (Å²) in [6, 6.07) is 94.2. The van der Waals surface area contributed by atoms with E-state index < -0.39 is 5.41 Å². The highest BCUT2D eigenvalue weighted by Crippen LogP contribution is 2.61. The zero-order valence-electron chi connectivity index (χ0n) is 45.9. The van der Waals surface area contributed by atoms with E-state index in [-0.39, 0.29) is 5.41 Å². The number of aromatic nitrogens is 4. The van der Waals surface area contributed by atoms with E-state index in [1.54, 1.807) is 0 Å². The minimum atomic E-state index is -0.576. The van der Waals surface area contributed by atoms with Crippen molar-refractivity contribution in [1.29, 1.82) is 0 Å². The number of aryl methyl sites for hydroxylation is 1. The van der Waals surface area contributed by atoms with Gasteiger partial charge in [0.2, 0.25) is 0 Å². The number of nitrogens with zero attached hydrogens (tertiary/aromatic N) is 4. The first-order valence-electron chi connectivity index (χ1n) is 28.4. The summed E-state index contributed by atoms with van der Waals surface area (Å²) in [4.78, 5) is 10.3. The predicted octanol–water partition coefficient (Wildman–Crippen LogP) is 19.3. The molecule has 0 atom stereocenters. The second-order valence-corrected chi connectivity index (χ2v) is 22.3. The number of hydrogen-bond acceptors (Lipinski definition) is 2. The van der Waals surface area contributed by atoms with Crippen LogP contribution < -0.4 is 0 Å². The summed E-state index contributed by atoms with van der Waals surface area (Å²) >= 11 is 0. The molecule has 11 aromatic carbocycles. The first-order chi connectivity index (χ1) is 39.8. The number of benzene rings is 11. The second-order valence-electron chi connectivity index (χ2n) is 22.3. The van der Waals surface area contributed by atoms with E-state index in [0.717, 1.165) is 63.0 Å². The van der Waals surface area contributed by atoms with Crippen LogP contribution in [0.3, 0.4) is 0 Å². The Hall–Kier alpha value is -9.90. The van der Waals surface area contributed by atoms with Crippen molar-refractivity contribution in [1.82, 2.24) is 19.1 Å². The van der Waals surface area contributed by atoms with Crippen molar-refractivity contribution < 1.29 is 0 Å². The lowest BCUT2D eigenvalue weighted by molar-refractivity contribution is 0.660. The van der Waals surface area contributed by atoms with Gasteiger partial charge in [0.25, 0.3) is 0 Å². The molecule has 386 valence electrons.